The first-order valence-corrected chi connectivity index (χ1v) is 9.80. The highest BCUT2D eigenvalue weighted by Crippen LogP contribution is 2.32. The van der Waals surface area contributed by atoms with Crippen LogP contribution in [0.25, 0.3) is 11.3 Å². The van der Waals surface area contributed by atoms with Crippen LogP contribution in [-0.2, 0) is 11.0 Å². The number of nitrogens with one attached hydrogen (secondary N) is 1. The fourth-order valence-electron chi connectivity index (χ4n) is 2.63. The van der Waals surface area contributed by atoms with Crippen LogP contribution in [0.2, 0.25) is 0 Å². The molecule has 0 saturated heterocycles. The highest BCUT2D eigenvalue weighted by molar-refractivity contribution is 7.99. The minimum absolute atomic E-state index is 0.0906. The molecule has 150 valence electrons. The summed E-state index contributed by atoms with van der Waals surface area (Å²) in [6, 6.07) is 18.6. The molecule has 3 aromatic rings. The lowest BCUT2D eigenvalue weighted by atomic mass is 10.1. The highest BCUT2D eigenvalue weighted by Gasteiger charge is 2.34. The molecule has 1 atom stereocenters. The number of thioether (sulfide) groups is 1. The molecule has 0 unspecified atom stereocenters. The van der Waals surface area contributed by atoms with Gasteiger partial charge in [0.25, 0.3) is 0 Å². The minimum atomic E-state index is -4.61. The van der Waals surface area contributed by atoms with E-state index < -0.39 is 11.9 Å². The highest BCUT2D eigenvalue weighted by atomic mass is 32.2. The molecular weight excluding hydrogens is 399 g/mol. The average Bonchev–Trinajstić information content (AvgIpc) is 2.72. The lowest BCUT2D eigenvalue weighted by molar-refractivity contribution is -0.141. The van der Waals surface area contributed by atoms with Gasteiger partial charge in [0.05, 0.1) is 17.5 Å². The molecule has 0 aliphatic carbocycles. The van der Waals surface area contributed by atoms with Crippen LogP contribution in [0.5, 0.6) is 0 Å². The van der Waals surface area contributed by atoms with Gasteiger partial charge in [-0.15, -0.1) is 0 Å². The van der Waals surface area contributed by atoms with Crippen LogP contribution in [0.15, 0.2) is 71.9 Å². The molecule has 0 aliphatic rings. The molecule has 29 heavy (non-hydrogen) atoms. The normalized spacial score (nSPS) is 12.4. The maximum absolute atomic E-state index is 13.2. The van der Waals surface area contributed by atoms with Gasteiger partial charge in [-0.3, -0.25) is 4.79 Å². The fourth-order valence-corrected chi connectivity index (χ4v) is 3.30. The van der Waals surface area contributed by atoms with Crippen LogP contribution < -0.4 is 5.32 Å². The van der Waals surface area contributed by atoms with Gasteiger partial charge in [-0.25, -0.2) is 9.97 Å². The summed E-state index contributed by atoms with van der Waals surface area (Å²) in [5.74, 6) is -0.402. The van der Waals surface area contributed by atoms with Crippen molar-refractivity contribution in [1.82, 2.24) is 15.3 Å². The Labute approximate surface area is 170 Å². The number of carbonyl (C=O) groups is 1. The van der Waals surface area contributed by atoms with E-state index in [9.17, 15) is 18.0 Å². The van der Waals surface area contributed by atoms with Gasteiger partial charge in [-0.05, 0) is 18.6 Å². The van der Waals surface area contributed by atoms with Crippen LogP contribution >= 0.6 is 11.8 Å². The van der Waals surface area contributed by atoms with E-state index in [2.05, 4.69) is 15.3 Å². The predicted octanol–water partition coefficient (Wildman–Crippen LogP) is 5.13. The summed E-state index contributed by atoms with van der Waals surface area (Å²) in [4.78, 5) is 20.0. The Kier molecular flexibility index (Phi) is 6.53. The third-order valence-corrected chi connectivity index (χ3v) is 4.92. The Morgan fingerprint density at radius 3 is 2.28 bits per heavy atom. The second-order valence-corrected chi connectivity index (χ2v) is 7.22. The number of carbonyl (C=O) groups excluding carboxylic acids is 1. The molecule has 0 radical (unpaired) electrons. The molecule has 2 aromatic carbocycles. The Hall–Kier alpha value is -2.87. The first kappa shape index (κ1) is 20.9. The van der Waals surface area contributed by atoms with Crippen molar-refractivity contribution in [3.63, 3.8) is 0 Å². The summed E-state index contributed by atoms with van der Waals surface area (Å²) in [5, 5.41) is 2.72. The molecule has 1 heterocycles. The van der Waals surface area contributed by atoms with Crippen molar-refractivity contribution in [2.75, 3.05) is 5.75 Å². The second-order valence-electron chi connectivity index (χ2n) is 6.27. The van der Waals surface area contributed by atoms with Gasteiger partial charge in [-0.1, -0.05) is 72.4 Å². The monoisotopic (exact) mass is 417 g/mol. The van der Waals surface area contributed by atoms with Gasteiger partial charge in [0.2, 0.25) is 5.91 Å². The van der Waals surface area contributed by atoms with Gasteiger partial charge in [0.15, 0.2) is 5.16 Å². The number of hydrogen-bond acceptors (Lipinski definition) is 4. The number of benzene rings is 2. The largest absolute Gasteiger partial charge is 0.433 e. The SMILES string of the molecule is C[C@@H](NC(=O)CSc1nc(-c2ccccc2)cc(C(F)(F)F)n1)c1ccccc1. The van der Waals surface area contributed by atoms with Crippen molar-refractivity contribution in [2.24, 2.45) is 0 Å². The molecule has 1 amide bonds. The Morgan fingerprint density at radius 2 is 1.66 bits per heavy atom. The third-order valence-electron chi connectivity index (χ3n) is 4.08. The van der Waals surface area contributed by atoms with Crippen LogP contribution in [0, 0.1) is 0 Å². The van der Waals surface area contributed by atoms with E-state index in [4.69, 9.17) is 0 Å². The average molecular weight is 417 g/mol. The number of alkyl halides is 3. The summed E-state index contributed by atoms with van der Waals surface area (Å²) in [5.41, 5.74) is 0.609. The van der Waals surface area contributed by atoms with Gasteiger partial charge in [0.1, 0.15) is 5.69 Å². The third kappa shape index (κ3) is 5.80. The van der Waals surface area contributed by atoms with Gasteiger partial charge < -0.3 is 5.32 Å². The summed E-state index contributed by atoms with van der Waals surface area (Å²) in [6.07, 6.45) is -4.61. The van der Waals surface area contributed by atoms with Crippen LogP contribution in [-0.4, -0.2) is 21.6 Å². The number of halogens is 3. The molecule has 0 saturated carbocycles. The topological polar surface area (TPSA) is 54.9 Å². The van der Waals surface area contributed by atoms with Crippen molar-refractivity contribution in [3.05, 3.63) is 78.0 Å². The maximum atomic E-state index is 13.2. The van der Waals surface area contributed by atoms with E-state index in [0.717, 1.165) is 23.4 Å². The number of nitrogens with zero attached hydrogens (tertiary/aromatic N) is 2. The molecule has 4 nitrogen and oxygen atoms in total. The molecule has 0 fully saturated rings. The molecule has 1 aromatic heterocycles. The molecule has 1 N–H and O–H groups in total. The number of aromatic nitrogens is 2. The van der Waals surface area contributed by atoms with E-state index in [1.807, 2.05) is 37.3 Å². The first-order valence-electron chi connectivity index (χ1n) is 8.82. The van der Waals surface area contributed by atoms with E-state index >= 15 is 0 Å². The number of rotatable bonds is 6. The zero-order chi connectivity index (χ0) is 20.9. The lowest BCUT2D eigenvalue weighted by Gasteiger charge is -2.14. The molecule has 0 spiro atoms. The van der Waals surface area contributed by atoms with Gasteiger partial charge >= 0.3 is 6.18 Å². The molecular formula is C21H18F3N3OS. The van der Waals surface area contributed by atoms with Crippen molar-refractivity contribution < 1.29 is 18.0 Å². The summed E-state index contributed by atoms with van der Waals surface area (Å²) < 4.78 is 39.7. The lowest BCUT2D eigenvalue weighted by Crippen LogP contribution is -2.28. The van der Waals surface area contributed by atoms with Crippen LogP contribution in [0.4, 0.5) is 13.2 Å². The first-order chi connectivity index (χ1) is 13.8. The summed E-state index contributed by atoms with van der Waals surface area (Å²) >= 11 is 0.871. The molecule has 0 aliphatic heterocycles. The van der Waals surface area contributed by atoms with E-state index in [0.29, 0.717) is 5.56 Å². The van der Waals surface area contributed by atoms with E-state index in [1.165, 1.54) is 0 Å². The van der Waals surface area contributed by atoms with Gasteiger partial charge in [-0.2, -0.15) is 13.2 Å². The zero-order valence-electron chi connectivity index (χ0n) is 15.5. The quantitative estimate of drug-likeness (QED) is 0.446. The van der Waals surface area contributed by atoms with Crippen molar-refractivity contribution in [2.45, 2.75) is 24.3 Å². The van der Waals surface area contributed by atoms with E-state index in [-0.39, 0.29) is 28.6 Å². The fraction of sp³-hybridized carbons (Fsp3) is 0.190. The van der Waals surface area contributed by atoms with Crippen LogP contribution in [0.1, 0.15) is 24.2 Å². The zero-order valence-corrected chi connectivity index (χ0v) is 16.3. The standard InChI is InChI=1S/C21H18F3N3OS/c1-14(15-8-4-2-5-9-15)25-19(28)13-29-20-26-17(16-10-6-3-7-11-16)12-18(27-20)21(22,23)24/h2-12,14H,13H2,1H3,(H,25,28)/t14-/m1/s1. The maximum Gasteiger partial charge on any atom is 0.433 e. The number of amides is 1. The molecule has 0 bridgehead atoms. The van der Waals surface area contributed by atoms with Crippen molar-refractivity contribution in [1.29, 1.82) is 0 Å². The molecule has 3 rings (SSSR count). The van der Waals surface area contributed by atoms with Crippen molar-refractivity contribution >= 4 is 17.7 Å². The molecule has 8 heteroatoms. The Bertz CT molecular complexity index is 966. The number of hydrogen-bond donors (Lipinski definition) is 1. The smallest absolute Gasteiger partial charge is 0.349 e. The Morgan fingerprint density at radius 1 is 1.03 bits per heavy atom. The minimum Gasteiger partial charge on any atom is -0.349 e. The summed E-state index contributed by atoms with van der Waals surface area (Å²) in [6.45, 7) is 1.84. The second kappa shape index (κ2) is 9.09. The Balaban J connectivity index is 1.73. The van der Waals surface area contributed by atoms with Gasteiger partial charge in [0, 0.05) is 5.56 Å². The van der Waals surface area contributed by atoms with Crippen molar-refractivity contribution in [3.8, 4) is 11.3 Å². The van der Waals surface area contributed by atoms with Crippen LogP contribution in [0.3, 0.4) is 0 Å². The van der Waals surface area contributed by atoms with E-state index in [1.54, 1.807) is 30.3 Å². The predicted molar refractivity (Wildman–Crippen MR) is 106 cm³/mol. The summed E-state index contributed by atoms with van der Waals surface area (Å²) in [7, 11) is 0.